The third-order valence-corrected chi connectivity index (χ3v) is 5.67. The molecular formula is C26H27N3O3. The van der Waals surface area contributed by atoms with E-state index in [1.807, 2.05) is 43.3 Å². The van der Waals surface area contributed by atoms with Crippen LogP contribution in [0.5, 0.6) is 11.5 Å². The van der Waals surface area contributed by atoms with Crippen LogP contribution in [0.25, 0.3) is 11.0 Å². The number of para-hydroxylation sites is 2. The molecule has 0 saturated carbocycles. The molecule has 2 unspecified atom stereocenters. The highest BCUT2D eigenvalue weighted by molar-refractivity contribution is 5.95. The molecule has 4 rings (SSSR count). The van der Waals surface area contributed by atoms with Crippen LogP contribution in [0.1, 0.15) is 47.7 Å². The molecule has 0 saturated heterocycles. The minimum atomic E-state index is -0.311. The Bertz CT molecular complexity index is 1230. The van der Waals surface area contributed by atoms with Crippen LogP contribution in [-0.2, 0) is 0 Å². The molecule has 0 aliphatic carbocycles. The van der Waals surface area contributed by atoms with Crippen molar-refractivity contribution in [2.45, 2.75) is 25.9 Å². The van der Waals surface area contributed by atoms with Gasteiger partial charge in [-0.3, -0.25) is 4.79 Å². The molecule has 32 heavy (non-hydrogen) atoms. The summed E-state index contributed by atoms with van der Waals surface area (Å²) in [5, 5.41) is 3.09. The minimum Gasteiger partial charge on any atom is -0.493 e. The lowest BCUT2D eigenvalue weighted by molar-refractivity contribution is 0.0937. The number of rotatable bonds is 7. The van der Waals surface area contributed by atoms with Crippen LogP contribution in [0, 0.1) is 0 Å². The van der Waals surface area contributed by atoms with Gasteiger partial charge in [0, 0.05) is 5.56 Å². The molecule has 164 valence electrons. The maximum Gasteiger partial charge on any atom is 0.251 e. The topological polar surface area (TPSA) is 65.4 Å². The van der Waals surface area contributed by atoms with Crippen molar-refractivity contribution in [1.29, 1.82) is 0 Å². The van der Waals surface area contributed by atoms with E-state index in [1.165, 1.54) is 5.56 Å². The molecule has 0 aliphatic rings. The monoisotopic (exact) mass is 429 g/mol. The summed E-state index contributed by atoms with van der Waals surface area (Å²) in [4.78, 5) is 17.9. The molecule has 0 spiro atoms. The summed E-state index contributed by atoms with van der Waals surface area (Å²) in [6.45, 7) is 4.10. The summed E-state index contributed by atoms with van der Waals surface area (Å²) in [5.41, 5.74) is 3.60. The zero-order valence-corrected chi connectivity index (χ0v) is 18.7. The molecule has 1 heterocycles. The third-order valence-electron chi connectivity index (χ3n) is 5.67. The summed E-state index contributed by atoms with van der Waals surface area (Å²) in [6, 6.07) is 23.2. The molecule has 4 aromatic rings. The number of benzene rings is 3. The van der Waals surface area contributed by atoms with Crippen molar-refractivity contribution < 1.29 is 14.3 Å². The number of nitrogens with one attached hydrogen (secondary N) is 1. The summed E-state index contributed by atoms with van der Waals surface area (Å²) in [5.74, 6) is 1.69. The van der Waals surface area contributed by atoms with E-state index >= 15 is 0 Å². The van der Waals surface area contributed by atoms with E-state index in [0.29, 0.717) is 17.1 Å². The van der Waals surface area contributed by atoms with Crippen molar-refractivity contribution in [1.82, 2.24) is 14.9 Å². The SMILES string of the molecule is COc1ccc(C(=O)NC(C)c2nc3ccccc3n2C(C)c2ccccc2)cc1OC. The molecule has 0 aliphatic heterocycles. The molecule has 6 heteroatoms. The second-order valence-corrected chi connectivity index (χ2v) is 7.68. The lowest BCUT2D eigenvalue weighted by Crippen LogP contribution is -2.29. The highest BCUT2D eigenvalue weighted by Gasteiger charge is 2.23. The summed E-state index contributed by atoms with van der Waals surface area (Å²) in [6.07, 6.45) is 0. The van der Waals surface area contributed by atoms with Crippen LogP contribution in [0.2, 0.25) is 0 Å². The van der Waals surface area contributed by atoms with Crippen LogP contribution in [-0.4, -0.2) is 29.7 Å². The number of carbonyl (C=O) groups excluding carboxylic acids is 1. The Morgan fingerprint density at radius 1 is 0.906 bits per heavy atom. The van der Waals surface area contributed by atoms with Crippen molar-refractivity contribution in [2.75, 3.05) is 14.2 Å². The number of fused-ring (bicyclic) bond motifs is 1. The van der Waals surface area contributed by atoms with E-state index in [4.69, 9.17) is 14.5 Å². The lowest BCUT2D eigenvalue weighted by atomic mass is 10.1. The summed E-state index contributed by atoms with van der Waals surface area (Å²) >= 11 is 0. The molecule has 6 nitrogen and oxygen atoms in total. The first-order chi connectivity index (χ1) is 15.5. The maximum atomic E-state index is 13.0. The van der Waals surface area contributed by atoms with Gasteiger partial charge in [0.1, 0.15) is 5.82 Å². The normalized spacial score (nSPS) is 12.9. The number of ether oxygens (including phenoxy) is 2. The molecular weight excluding hydrogens is 402 g/mol. The van der Waals surface area contributed by atoms with Crippen LogP contribution in [0.15, 0.2) is 72.8 Å². The Labute approximate surface area is 187 Å². The number of nitrogens with zero attached hydrogens (tertiary/aromatic N) is 2. The van der Waals surface area contributed by atoms with Crippen molar-refractivity contribution >= 4 is 16.9 Å². The van der Waals surface area contributed by atoms with Crippen LogP contribution in [0.4, 0.5) is 0 Å². The fourth-order valence-electron chi connectivity index (χ4n) is 3.98. The first-order valence-electron chi connectivity index (χ1n) is 10.6. The number of hydrogen-bond donors (Lipinski definition) is 1. The maximum absolute atomic E-state index is 13.0. The van der Waals surface area contributed by atoms with Gasteiger partial charge in [0.2, 0.25) is 0 Å². The molecule has 0 fully saturated rings. The van der Waals surface area contributed by atoms with E-state index < -0.39 is 0 Å². The van der Waals surface area contributed by atoms with Crippen LogP contribution in [0.3, 0.4) is 0 Å². The van der Waals surface area contributed by atoms with E-state index in [0.717, 1.165) is 16.9 Å². The van der Waals surface area contributed by atoms with E-state index in [2.05, 4.69) is 35.0 Å². The molecule has 2 atom stereocenters. The summed E-state index contributed by atoms with van der Waals surface area (Å²) in [7, 11) is 3.12. The Hall–Kier alpha value is -3.80. The molecule has 0 radical (unpaired) electrons. The van der Waals surface area contributed by atoms with Gasteiger partial charge in [-0.25, -0.2) is 4.98 Å². The van der Waals surface area contributed by atoms with Crippen LogP contribution < -0.4 is 14.8 Å². The highest BCUT2D eigenvalue weighted by Crippen LogP contribution is 2.30. The number of aromatic nitrogens is 2. The number of amides is 1. The number of carbonyl (C=O) groups is 1. The summed E-state index contributed by atoms with van der Waals surface area (Å²) < 4.78 is 12.8. The zero-order chi connectivity index (χ0) is 22.7. The Kier molecular flexibility index (Phi) is 6.12. The number of imidazole rings is 1. The molecule has 1 amide bonds. The van der Waals surface area contributed by atoms with E-state index in [1.54, 1.807) is 32.4 Å². The largest absolute Gasteiger partial charge is 0.493 e. The zero-order valence-electron chi connectivity index (χ0n) is 18.7. The van der Waals surface area contributed by atoms with Gasteiger partial charge in [0.25, 0.3) is 5.91 Å². The quantitative estimate of drug-likeness (QED) is 0.441. The van der Waals surface area contributed by atoms with Gasteiger partial charge < -0.3 is 19.4 Å². The average Bonchev–Trinajstić information content (AvgIpc) is 3.23. The molecule has 3 aromatic carbocycles. The number of hydrogen-bond acceptors (Lipinski definition) is 4. The predicted octanol–water partition coefficient (Wildman–Crippen LogP) is 5.15. The van der Waals surface area contributed by atoms with Crippen molar-refractivity contribution in [2.24, 2.45) is 0 Å². The Balaban J connectivity index is 1.68. The predicted molar refractivity (Wildman–Crippen MR) is 125 cm³/mol. The fraction of sp³-hybridized carbons (Fsp3) is 0.231. The number of methoxy groups -OCH3 is 2. The van der Waals surface area contributed by atoms with Crippen molar-refractivity contribution in [3.63, 3.8) is 0 Å². The highest BCUT2D eigenvalue weighted by atomic mass is 16.5. The van der Waals surface area contributed by atoms with Gasteiger partial charge in [0.15, 0.2) is 11.5 Å². The minimum absolute atomic E-state index is 0.0547. The van der Waals surface area contributed by atoms with E-state index in [9.17, 15) is 4.79 Å². The molecule has 1 aromatic heterocycles. The first kappa shape index (κ1) is 21.4. The van der Waals surface area contributed by atoms with Crippen molar-refractivity contribution in [3.8, 4) is 11.5 Å². The third kappa shape index (κ3) is 4.04. The van der Waals surface area contributed by atoms with Gasteiger partial charge in [-0.2, -0.15) is 0 Å². The Morgan fingerprint density at radius 3 is 2.31 bits per heavy atom. The Morgan fingerprint density at radius 2 is 1.59 bits per heavy atom. The van der Waals surface area contributed by atoms with Crippen LogP contribution >= 0.6 is 0 Å². The smallest absolute Gasteiger partial charge is 0.251 e. The van der Waals surface area contributed by atoms with E-state index in [-0.39, 0.29) is 18.0 Å². The second-order valence-electron chi connectivity index (χ2n) is 7.68. The first-order valence-corrected chi connectivity index (χ1v) is 10.6. The van der Waals surface area contributed by atoms with Gasteiger partial charge in [0.05, 0.1) is 37.3 Å². The van der Waals surface area contributed by atoms with Gasteiger partial charge in [-0.05, 0) is 49.7 Å². The van der Waals surface area contributed by atoms with Gasteiger partial charge >= 0.3 is 0 Å². The fourth-order valence-corrected chi connectivity index (χ4v) is 3.98. The second kappa shape index (κ2) is 9.14. The standard InChI is InChI=1S/C26H27N3O3/c1-17(27-26(30)20-14-15-23(31-3)24(16-20)32-4)25-28-21-12-8-9-13-22(21)29(25)18(2)19-10-6-5-7-11-19/h5-18H,1-4H3,(H,27,30). The van der Waals surface area contributed by atoms with Gasteiger partial charge in [-0.1, -0.05) is 42.5 Å². The average molecular weight is 430 g/mol. The van der Waals surface area contributed by atoms with Gasteiger partial charge in [-0.15, -0.1) is 0 Å². The molecule has 0 bridgehead atoms. The van der Waals surface area contributed by atoms with Crippen molar-refractivity contribution in [3.05, 3.63) is 89.7 Å². The lowest BCUT2D eigenvalue weighted by Gasteiger charge is -2.22. The molecule has 1 N–H and O–H groups in total.